The maximum atomic E-state index is 11.4. The van der Waals surface area contributed by atoms with E-state index in [9.17, 15) is 9.59 Å². The molecule has 0 heterocycles. The SMILES string of the molecule is COc1ccc(CCNC(=O)NC(C)C(=O)O)cc1OC. The molecule has 7 nitrogen and oxygen atoms in total. The van der Waals surface area contributed by atoms with Crippen LogP contribution in [0, 0.1) is 0 Å². The van der Waals surface area contributed by atoms with Crippen LogP contribution in [0.15, 0.2) is 18.2 Å². The highest BCUT2D eigenvalue weighted by Crippen LogP contribution is 2.27. The lowest BCUT2D eigenvalue weighted by Gasteiger charge is -2.12. The molecule has 2 amide bonds. The molecule has 0 saturated carbocycles. The molecule has 0 aromatic heterocycles. The first-order valence-corrected chi connectivity index (χ1v) is 6.46. The Morgan fingerprint density at radius 2 is 1.90 bits per heavy atom. The summed E-state index contributed by atoms with van der Waals surface area (Å²) in [6, 6.07) is 4.07. The largest absolute Gasteiger partial charge is 0.493 e. The van der Waals surface area contributed by atoms with E-state index in [-0.39, 0.29) is 0 Å². The highest BCUT2D eigenvalue weighted by atomic mass is 16.5. The van der Waals surface area contributed by atoms with Crippen LogP contribution in [0.1, 0.15) is 12.5 Å². The van der Waals surface area contributed by atoms with Gasteiger partial charge in [0.1, 0.15) is 6.04 Å². The smallest absolute Gasteiger partial charge is 0.325 e. The molecule has 116 valence electrons. The molecule has 0 spiro atoms. The van der Waals surface area contributed by atoms with Crippen LogP contribution in [0.2, 0.25) is 0 Å². The predicted octanol–water partition coefficient (Wildman–Crippen LogP) is 1.02. The molecule has 1 unspecified atom stereocenters. The third kappa shape index (κ3) is 5.21. The molecule has 1 aromatic rings. The number of ether oxygens (including phenoxy) is 2. The topological polar surface area (TPSA) is 96.9 Å². The zero-order valence-corrected chi connectivity index (χ0v) is 12.3. The molecule has 0 fully saturated rings. The van der Waals surface area contributed by atoms with E-state index in [0.717, 1.165) is 5.56 Å². The second kappa shape index (κ2) is 7.98. The first-order chi connectivity index (χ1) is 9.97. The molecule has 1 atom stereocenters. The highest BCUT2D eigenvalue weighted by molar-refractivity contribution is 5.82. The van der Waals surface area contributed by atoms with Crippen LogP contribution < -0.4 is 20.1 Å². The number of carbonyl (C=O) groups excluding carboxylic acids is 1. The fraction of sp³-hybridized carbons (Fsp3) is 0.429. The number of nitrogens with one attached hydrogen (secondary N) is 2. The maximum Gasteiger partial charge on any atom is 0.325 e. The average molecular weight is 296 g/mol. The van der Waals surface area contributed by atoms with E-state index in [4.69, 9.17) is 14.6 Å². The van der Waals surface area contributed by atoms with Crippen molar-refractivity contribution in [1.82, 2.24) is 10.6 Å². The molecule has 1 aromatic carbocycles. The molecule has 0 aliphatic rings. The van der Waals surface area contributed by atoms with Gasteiger partial charge < -0.3 is 25.2 Å². The summed E-state index contributed by atoms with van der Waals surface area (Å²) < 4.78 is 10.3. The van der Waals surface area contributed by atoms with Gasteiger partial charge in [-0.25, -0.2) is 4.79 Å². The van der Waals surface area contributed by atoms with Crippen molar-refractivity contribution in [3.63, 3.8) is 0 Å². The Morgan fingerprint density at radius 3 is 2.48 bits per heavy atom. The molecule has 21 heavy (non-hydrogen) atoms. The molecule has 0 aliphatic heterocycles. The van der Waals surface area contributed by atoms with E-state index < -0.39 is 18.0 Å². The molecule has 7 heteroatoms. The van der Waals surface area contributed by atoms with Gasteiger partial charge in [0.2, 0.25) is 0 Å². The fourth-order valence-electron chi connectivity index (χ4n) is 1.67. The number of carbonyl (C=O) groups is 2. The monoisotopic (exact) mass is 296 g/mol. The standard InChI is InChI=1S/C14H20N2O5/c1-9(13(17)18)16-14(19)15-7-6-10-4-5-11(20-2)12(8-10)21-3/h4-5,8-9H,6-7H2,1-3H3,(H,17,18)(H2,15,16,19). The van der Waals surface area contributed by atoms with Gasteiger partial charge in [0, 0.05) is 6.54 Å². The number of aliphatic carboxylic acids is 1. The number of carboxylic acids is 1. The molecule has 0 radical (unpaired) electrons. The van der Waals surface area contributed by atoms with Crippen molar-refractivity contribution in [2.24, 2.45) is 0 Å². The van der Waals surface area contributed by atoms with Crippen molar-refractivity contribution in [3.05, 3.63) is 23.8 Å². The van der Waals surface area contributed by atoms with Crippen LogP contribution in [0.3, 0.4) is 0 Å². The number of rotatable bonds is 7. The lowest BCUT2D eigenvalue weighted by atomic mass is 10.1. The first kappa shape index (κ1) is 16.6. The number of benzene rings is 1. The Kier molecular flexibility index (Phi) is 6.32. The fourth-order valence-corrected chi connectivity index (χ4v) is 1.67. The number of amides is 2. The summed E-state index contributed by atoms with van der Waals surface area (Å²) in [5.41, 5.74) is 0.972. The molecular weight excluding hydrogens is 276 g/mol. The summed E-state index contributed by atoms with van der Waals surface area (Å²) in [6.07, 6.45) is 0.592. The summed E-state index contributed by atoms with van der Waals surface area (Å²) >= 11 is 0. The minimum absolute atomic E-state index is 0.383. The van der Waals surface area contributed by atoms with E-state index in [1.165, 1.54) is 6.92 Å². The number of carboxylic acid groups (broad SMARTS) is 1. The minimum atomic E-state index is -1.08. The van der Waals surface area contributed by atoms with Gasteiger partial charge in [-0.15, -0.1) is 0 Å². The van der Waals surface area contributed by atoms with Gasteiger partial charge in [0.25, 0.3) is 0 Å². The maximum absolute atomic E-state index is 11.4. The van der Waals surface area contributed by atoms with E-state index in [1.807, 2.05) is 12.1 Å². The number of hydrogen-bond donors (Lipinski definition) is 3. The Labute approximate surface area is 123 Å². The van der Waals surface area contributed by atoms with Gasteiger partial charge in [-0.2, -0.15) is 0 Å². The normalized spacial score (nSPS) is 11.4. The molecule has 0 bridgehead atoms. The molecule has 0 saturated heterocycles. The first-order valence-electron chi connectivity index (χ1n) is 6.46. The van der Waals surface area contributed by atoms with Crippen LogP contribution >= 0.6 is 0 Å². The predicted molar refractivity (Wildman–Crippen MR) is 76.9 cm³/mol. The van der Waals surface area contributed by atoms with Crippen molar-refractivity contribution < 1.29 is 24.2 Å². The van der Waals surface area contributed by atoms with Crippen LogP contribution in [-0.2, 0) is 11.2 Å². The van der Waals surface area contributed by atoms with Crippen molar-refractivity contribution in [2.75, 3.05) is 20.8 Å². The van der Waals surface area contributed by atoms with Crippen molar-refractivity contribution in [2.45, 2.75) is 19.4 Å². The van der Waals surface area contributed by atoms with Gasteiger partial charge in [-0.3, -0.25) is 4.79 Å². The summed E-state index contributed by atoms with van der Waals surface area (Å²) in [4.78, 5) is 22.0. The summed E-state index contributed by atoms with van der Waals surface area (Å²) in [6.45, 7) is 1.78. The van der Waals surface area contributed by atoms with Gasteiger partial charge >= 0.3 is 12.0 Å². The van der Waals surface area contributed by atoms with Gasteiger partial charge in [0.15, 0.2) is 11.5 Å². The van der Waals surface area contributed by atoms with Crippen molar-refractivity contribution >= 4 is 12.0 Å². The highest BCUT2D eigenvalue weighted by Gasteiger charge is 2.13. The third-order valence-electron chi connectivity index (χ3n) is 2.87. The average Bonchev–Trinajstić information content (AvgIpc) is 2.46. The molecule has 0 aliphatic carbocycles. The lowest BCUT2D eigenvalue weighted by Crippen LogP contribution is -2.44. The van der Waals surface area contributed by atoms with Crippen molar-refractivity contribution in [1.29, 1.82) is 0 Å². The number of methoxy groups -OCH3 is 2. The number of hydrogen-bond acceptors (Lipinski definition) is 4. The second-order valence-corrected chi connectivity index (χ2v) is 4.40. The van der Waals surface area contributed by atoms with Crippen molar-refractivity contribution in [3.8, 4) is 11.5 Å². The van der Waals surface area contributed by atoms with E-state index in [0.29, 0.717) is 24.5 Å². The Hall–Kier alpha value is -2.44. The Morgan fingerprint density at radius 1 is 1.24 bits per heavy atom. The minimum Gasteiger partial charge on any atom is -0.493 e. The molecule has 1 rings (SSSR count). The summed E-state index contributed by atoms with van der Waals surface area (Å²) in [5, 5.41) is 13.6. The molecule has 3 N–H and O–H groups in total. The molecular formula is C14H20N2O5. The van der Waals surface area contributed by atoms with Gasteiger partial charge in [0.05, 0.1) is 14.2 Å². The Balaban J connectivity index is 2.45. The zero-order chi connectivity index (χ0) is 15.8. The Bertz CT molecular complexity index is 504. The van der Waals surface area contributed by atoms with Gasteiger partial charge in [-0.1, -0.05) is 6.07 Å². The third-order valence-corrected chi connectivity index (χ3v) is 2.87. The van der Waals surface area contributed by atoms with E-state index in [1.54, 1.807) is 20.3 Å². The quantitative estimate of drug-likeness (QED) is 0.698. The van der Waals surface area contributed by atoms with Crippen LogP contribution in [0.5, 0.6) is 11.5 Å². The van der Waals surface area contributed by atoms with E-state index in [2.05, 4.69) is 10.6 Å². The summed E-state index contributed by atoms with van der Waals surface area (Å²) in [7, 11) is 3.12. The van der Waals surface area contributed by atoms with Crippen LogP contribution in [0.25, 0.3) is 0 Å². The van der Waals surface area contributed by atoms with Crippen LogP contribution in [0.4, 0.5) is 4.79 Å². The lowest BCUT2D eigenvalue weighted by molar-refractivity contribution is -0.138. The number of urea groups is 1. The zero-order valence-electron chi connectivity index (χ0n) is 12.3. The second-order valence-electron chi connectivity index (χ2n) is 4.40. The van der Waals surface area contributed by atoms with E-state index >= 15 is 0 Å². The summed E-state index contributed by atoms with van der Waals surface area (Å²) in [5.74, 6) is 0.186. The van der Waals surface area contributed by atoms with Gasteiger partial charge in [-0.05, 0) is 31.0 Å². The van der Waals surface area contributed by atoms with Crippen LogP contribution in [-0.4, -0.2) is 43.9 Å².